The molecule has 0 spiro atoms. The number of nitrogens with zero attached hydrogens (tertiary/aromatic N) is 2. The van der Waals surface area contributed by atoms with Gasteiger partial charge in [0.2, 0.25) is 0 Å². The second kappa shape index (κ2) is 5.22. The Bertz CT molecular complexity index is 695. The maximum atomic E-state index is 12.2. The van der Waals surface area contributed by atoms with Gasteiger partial charge in [-0.15, -0.1) is 0 Å². The number of aromatic nitrogens is 2. The Kier molecular flexibility index (Phi) is 3.82. The predicted molar refractivity (Wildman–Crippen MR) is 74.9 cm³/mol. The number of anilines is 1. The third kappa shape index (κ3) is 3.08. The second-order valence-electron chi connectivity index (χ2n) is 4.17. The lowest BCUT2D eigenvalue weighted by Gasteiger charge is -2.09. The molecule has 0 unspecified atom stereocenters. The Labute approximate surface area is 116 Å². The van der Waals surface area contributed by atoms with E-state index in [1.807, 2.05) is 6.92 Å². The van der Waals surface area contributed by atoms with Gasteiger partial charge in [0.25, 0.3) is 0 Å². The fourth-order valence-corrected chi connectivity index (χ4v) is 3.30. The number of halogens is 1. The summed E-state index contributed by atoms with van der Waals surface area (Å²) in [5, 5.41) is 0.418. The highest BCUT2D eigenvalue weighted by atomic mass is 35.5. The van der Waals surface area contributed by atoms with Crippen LogP contribution in [0.4, 0.5) is 5.69 Å². The highest BCUT2D eigenvalue weighted by Crippen LogP contribution is 2.23. The molecule has 102 valence electrons. The first-order chi connectivity index (χ1) is 8.90. The average Bonchev–Trinajstić information content (AvgIpc) is 2.72. The third-order valence-corrected chi connectivity index (χ3v) is 4.83. The van der Waals surface area contributed by atoms with Crippen molar-refractivity contribution in [1.29, 1.82) is 0 Å². The molecule has 1 aromatic heterocycles. The van der Waals surface area contributed by atoms with Crippen LogP contribution < -0.4 is 5.73 Å². The van der Waals surface area contributed by atoms with E-state index in [9.17, 15) is 8.42 Å². The van der Waals surface area contributed by atoms with Gasteiger partial charge in [-0.3, -0.25) is 0 Å². The standard InChI is InChI=1S/C12H14ClN3O2S/c1-9-15-4-5-16(9)6-7-19(17,18)12-3-2-10(13)8-11(12)14/h2-5,8H,6-7,14H2,1H3. The molecule has 2 rings (SSSR count). The first kappa shape index (κ1) is 13.9. The summed E-state index contributed by atoms with van der Waals surface area (Å²) in [6, 6.07) is 4.40. The molecular weight excluding hydrogens is 286 g/mol. The first-order valence-electron chi connectivity index (χ1n) is 5.65. The van der Waals surface area contributed by atoms with Crippen molar-refractivity contribution in [2.75, 3.05) is 11.5 Å². The molecule has 0 saturated heterocycles. The Morgan fingerprint density at radius 2 is 2.16 bits per heavy atom. The summed E-state index contributed by atoms with van der Waals surface area (Å²) in [6.07, 6.45) is 3.38. The molecule has 7 heteroatoms. The van der Waals surface area contributed by atoms with E-state index < -0.39 is 9.84 Å². The zero-order valence-electron chi connectivity index (χ0n) is 10.4. The SMILES string of the molecule is Cc1nccn1CCS(=O)(=O)c1ccc(Cl)cc1N. The largest absolute Gasteiger partial charge is 0.398 e. The summed E-state index contributed by atoms with van der Waals surface area (Å²) in [4.78, 5) is 4.17. The van der Waals surface area contributed by atoms with E-state index >= 15 is 0 Å². The summed E-state index contributed by atoms with van der Waals surface area (Å²) in [5.74, 6) is 0.745. The maximum absolute atomic E-state index is 12.2. The number of nitrogen functional groups attached to an aromatic ring is 1. The zero-order valence-corrected chi connectivity index (χ0v) is 11.9. The highest BCUT2D eigenvalue weighted by molar-refractivity contribution is 7.91. The Morgan fingerprint density at radius 1 is 1.42 bits per heavy atom. The van der Waals surface area contributed by atoms with Crippen LogP contribution in [-0.4, -0.2) is 23.7 Å². The molecule has 0 atom stereocenters. The number of sulfone groups is 1. The van der Waals surface area contributed by atoms with Crippen LogP contribution in [0, 0.1) is 6.92 Å². The van der Waals surface area contributed by atoms with Gasteiger partial charge in [0, 0.05) is 24.0 Å². The van der Waals surface area contributed by atoms with Crippen molar-refractivity contribution in [3.8, 4) is 0 Å². The Morgan fingerprint density at radius 3 is 2.74 bits per heavy atom. The van der Waals surface area contributed by atoms with E-state index in [0.29, 0.717) is 11.6 Å². The van der Waals surface area contributed by atoms with Crippen LogP contribution in [0.1, 0.15) is 5.82 Å². The number of nitrogens with two attached hydrogens (primary N) is 1. The summed E-state index contributed by atoms with van der Waals surface area (Å²) < 4.78 is 26.2. The lowest BCUT2D eigenvalue weighted by Crippen LogP contribution is -2.15. The lowest BCUT2D eigenvalue weighted by molar-refractivity contribution is 0.588. The van der Waals surface area contributed by atoms with Gasteiger partial charge in [0.1, 0.15) is 5.82 Å². The van der Waals surface area contributed by atoms with Gasteiger partial charge in [-0.05, 0) is 25.1 Å². The van der Waals surface area contributed by atoms with Crippen LogP contribution in [0.5, 0.6) is 0 Å². The van der Waals surface area contributed by atoms with Crippen molar-refractivity contribution < 1.29 is 8.42 Å². The van der Waals surface area contributed by atoms with E-state index in [0.717, 1.165) is 5.82 Å². The van der Waals surface area contributed by atoms with Crippen molar-refractivity contribution in [3.63, 3.8) is 0 Å². The molecule has 0 fully saturated rings. The number of hydrogen-bond acceptors (Lipinski definition) is 4. The normalized spacial score (nSPS) is 11.7. The van der Waals surface area contributed by atoms with Gasteiger partial charge >= 0.3 is 0 Å². The molecule has 1 heterocycles. The number of aryl methyl sites for hydroxylation is 2. The molecular formula is C12H14ClN3O2S. The topological polar surface area (TPSA) is 78.0 Å². The third-order valence-electron chi connectivity index (χ3n) is 2.83. The maximum Gasteiger partial charge on any atom is 0.182 e. The van der Waals surface area contributed by atoms with Crippen LogP contribution >= 0.6 is 11.6 Å². The average molecular weight is 300 g/mol. The molecule has 2 N–H and O–H groups in total. The molecule has 5 nitrogen and oxygen atoms in total. The van der Waals surface area contributed by atoms with E-state index in [1.165, 1.54) is 18.2 Å². The molecule has 0 bridgehead atoms. The number of benzene rings is 1. The summed E-state index contributed by atoms with van der Waals surface area (Å²) in [7, 11) is -3.43. The van der Waals surface area contributed by atoms with Crippen LogP contribution in [0.3, 0.4) is 0 Å². The second-order valence-corrected chi connectivity index (χ2v) is 6.68. The van der Waals surface area contributed by atoms with Gasteiger partial charge in [0.05, 0.1) is 16.3 Å². The zero-order chi connectivity index (χ0) is 14.0. The van der Waals surface area contributed by atoms with Gasteiger partial charge in [-0.2, -0.15) is 0 Å². The molecule has 0 aliphatic carbocycles. The fourth-order valence-electron chi connectivity index (χ4n) is 1.77. The van der Waals surface area contributed by atoms with Crippen molar-refractivity contribution >= 4 is 27.1 Å². The monoisotopic (exact) mass is 299 g/mol. The van der Waals surface area contributed by atoms with Gasteiger partial charge < -0.3 is 10.3 Å². The minimum Gasteiger partial charge on any atom is -0.398 e. The first-order valence-corrected chi connectivity index (χ1v) is 7.69. The summed E-state index contributed by atoms with van der Waals surface area (Å²) in [5.41, 5.74) is 5.88. The number of imidazole rings is 1. The van der Waals surface area contributed by atoms with Gasteiger partial charge in [0.15, 0.2) is 9.84 Å². The number of rotatable bonds is 4. The van der Waals surface area contributed by atoms with Crippen molar-refractivity contribution in [2.24, 2.45) is 0 Å². The lowest BCUT2D eigenvalue weighted by atomic mass is 10.3. The molecule has 0 amide bonds. The van der Waals surface area contributed by atoms with Gasteiger partial charge in [-0.1, -0.05) is 11.6 Å². The predicted octanol–water partition coefficient (Wildman–Crippen LogP) is 1.90. The molecule has 0 aliphatic rings. The Hall–Kier alpha value is -1.53. The van der Waals surface area contributed by atoms with Crippen LogP contribution in [-0.2, 0) is 16.4 Å². The molecule has 0 aliphatic heterocycles. The van der Waals surface area contributed by atoms with Gasteiger partial charge in [-0.25, -0.2) is 13.4 Å². The summed E-state index contributed by atoms with van der Waals surface area (Å²) >= 11 is 5.76. The minimum absolute atomic E-state index is 0.0317. The molecule has 0 radical (unpaired) electrons. The van der Waals surface area contributed by atoms with E-state index in [4.69, 9.17) is 17.3 Å². The Balaban J connectivity index is 2.21. The van der Waals surface area contributed by atoms with Crippen LogP contribution in [0.25, 0.3) is 0 Å². The molecule has 2 aromatic rings. The van der Waals surface area contributed by atoms with E-state index in [2.05, 4.69) is 4.98 Å². The summed E-state index contributed by atoms with van der Waals surface area (Å²) in [6.45, 7) is 2.17. The smallest absolute Gasteiger partial charge is 0.182 e. The van der Waals surface area contributed by atoms with E-state index in [1.54, 1.807) is 17.0 Å². The van der Waals surface area contributed by atoms with Crippen LogP contribution in [0.15, 0.2) is 35.5 Å². The van der Waals surface area contributed by atoms with Crippen LogP contribution in [0.2, 0.25) is 5.02 Å². The molecule has 19 heavy (non-hydrogen) atoms. The van der Waals surface area contributed by atoms with E-state index in [-0.39, 0.29) is 16.3 Å². The fraction of sp³-hybridized carbons (Fsp3) is 0.250. The highest BCUT2D eigenvalue weighted by Gasteiger charge is 2.18. The van der Waals surface area contributed by atoms with Crippen molar-refractivity contribution in [2.45, 2.75) is 18.4 Å². The number of hydrogen-bond donors (Lipinski definition) is 1. The van der Waals surface area contributed by atoms with Crippen molar-refractivity contribution in [1.82, 2.24) is 9.55 Å². The molecule has 0 saturated carbocycles. The van der Waals surface area contributed by atoms with Crippen molar-refractivity contribution in [3.05, 3.63) is 41.4 Å². The minimum atomic E-state index is -3.43. The quantitative estimate of drug-likeness (QED) is 0.875. The molecule has 1 aromatic carbocycles.